The van der Waals surface area contributed by atoms with Crippen molar-refractivity contribution in [2.75, 3.05) is 11.1 Å². The lowest BCUT2D eigenvalue weighted by Crippen LogP contribution is -2.14. The first-order chi connectivity index (χ1) is 14.2. The molecule has 0 aliphatic rings. The molecule has 1 heterocycles. The summed E-state index contributed by atoms with van der Waals surface area (Å²) in [6, 6.07) is 27.9. The van der Waals surface area contributed by atoms with Gasteiger partial charge < -0.3 is 5.32 Å². The summed E-state index contributed by atoms with van der Waals surface area (Å²) in [5.41, 5.74) is 4.02. The van der Waals surface area contributed by atoms with Crippen LogP contribution in [-0.2, 0) is 4.79 Å². The molecule has 5 nitrogen and oxygen atoms in total. The first-order valence-electron chi connectivity index (χ1n) is 9.26. The largest absolute Gasteiger partial charge is 0.325 e. The first-order valence-corrected chi connectivity index (χ1v) is 10.2. The van der Waals surface area contributed by atoms with E-state index in [9.17, 15) is 4.79 Å². The monoisotopic (exact) mass is 400 g/mol. The van der Waals surface area contributed by atoms with Crippen molar-refractivity contribution >= 4 is 23.4 Å². The van der Waals surface area contributed by atoms with Gasteiger partial charge in [0, 0.05) is 11.4 Å². The van der Waals surface area contributed by atoms with Crippen LogP contribution in [0.25, 0.3) is 16.8 Å². The normalized spacial score (nSPS) is 10.7. The molecule has 0 radical (unpaired) electrons. The molecule has 4 aromatic rings. The number of anilines is 1. The van der Waals surface area contributed by atoms with E-state index in [2.05, 4.69) is 27.6 Å². The summed E-state index contributed by atoms with van der Waals surface area (Å²) in [6.07, 6.45) is 0. The summed E-state index contributed by atoms with van der Waals surface area (Å²) in [5, 5.41) is 12.0. The first kappa shape index (κ1) is 19.0. The van der Waals surface area contributed by atoms with E-state index in [4.69, 9.17) is 0 Å². The lowest BCUT2D eigenvalue weighted by Gasteiger charge is -2.09. The van der Waals surface area contributed by atoms with Gasteiger partial charge in [-0.05, 0) is 42.3 Å². The number of aryl methyl sites for hydroxylation is 1. The van der Waals surface area contributed by atoms with Gasteiger partial charge in [0.2, 0.25) is 5.91 Å². The molecule has 0 fully saturated rings. The second kappa shape index (κ2) is 8.75. The fraction of sp³-hybridized carbons (Fsp3) is 0.0870. The topological polar surface area (TPSA) is 59.8 Å². The van der Waals surface area contributed by atoms with Gasteiger partial charge >= 0.3 is 0 Å². The van der Waals surface area contributed by atoms with Gasteiger partial charge in [0.25, 0.3) is 0 Å². The van der Waals surface area contributed by atoms with Gasteiger partial charge in [-0.2, -0.15) is 0 Å². The Kier molecular flexibility index (Phi) is 5.72. The summed E-state index contributed by atoms with van der Waals surface area (Å²) in [4.78, 5) is 12.4. The highest BCUT2D eigenvalue weighted by molar-refractivity contribution is 7.99. The minimum Gasteiger partial charge on any atom is -0.325 e. The number of nitrogens with one attached hydrogen (secondary N) is 1. The average molecular weight is 401 g/mol. The smallest absolute Gasteiger partial charge is 0.234 e. The van der Waals surface area contributed by atoms with Gasteiger partial charge in [0.15, 0.2) is 5.16 Å². The zero-order chi connectivity index (χ0) is 20.1. The molecule has 1 N–H and O–H groups in total. The van der Waals surface area contributed by atoms with E-state index in [-0.39, 0.29) is 11.7 Å². The van der Waals surface area contributed by atoms with E-state index in [0.29, 0.717) is 5.16 Å². The number of amides is 1. The molecule has 0 bridgehead atoms. The number of nitrogens with zero attached hydrogens (tertiary/aromatic N) is 3. The fourth-order valence-corrected chi connectivity index (χ4v) is 3.81. The van der Waals surface area contributed by atoms with E-state index in [1.807, 2.05) is 84.3 Å². The zero-order valence-corrected chi connectivity index (χ0v) is 16.8. The molecule has 0 spiro atoms. The number of aromatic nitrogens is 3. The van der Waals surface area contributed by atoms with Crippen molar-refractivity contribution in [3.05, 3.63) is 90.8 Å². The van der Waals surface area contributed by atoms with Gasteiger partial charge in [-0.25, -0.2) is 0 Å². The van der Waals surface area contributed by atoms with Crippen LogP contribution in [0.15, 0.2) is 90.1 Å². The van der Waals surface area contributed by atoms with Crippen LogP contribution in [0.3, 0.4) is 0 Å². The van der Waals surface area contributed by atoms with Gasteiger partial charge in [-0.15, -0.1) is 10.2 Å². The van der Waals surface area contributed by atoms with Crippen molar-refractivity contribution < 1.29 is 4.79 Å². The molecule has 1 aromatic heterocycles. The van der Waals surface area contributed by atoms with Crippen molar-refractivity contribution in [2.24, 2.45) is 0 Å². The third kappa shape index (κ3) is 4.55. The highest BCUT2D eigenvalue weighted by Crippen LogP contribution is 2.23. The van der Waals surface area contributed by atoms with Crippen LogP contribution in [0.5, 0.6) is 0 Å². The van der Waals surface area contributed by atoms with E-state index in [1.54, 1.807) is 0 Å². The molecule has 0 aliphatic heterocycles. The SMILES string of the molecule is Cc1nnc(SCC(=O)Nc2ccc(-c3ccccc3)cc2)n1-c1ccccc1. The van der Waals surface area contributed by atoms with E-state index < -0.39 is 0 Å². The summed E-state index contributed by atoms with van der Waals surface area (Å²) < 4.78 is 1.95. The third-order valence-corrected chi connectivity index (χ3v) is 5.35. The lowest BCUT2D eigenvalue weighted by atomic mass is 10.1. The molecule has 0 saturated heterocycles. The summed E-state index contributed by atoms with van der Waals surface area (Å²) in [6.45, 7) is 1.90. The maximum absolute atomic E-state index is 12.4. The van der Waals surface area contributed by atoms with Crippen LogP contribution >= 0.6 is 11.8 Å². The highest BCUT2D eigenvalue weighted by Gasteiger charge is 2.13. The van der Waals surface area contributed by atoms with Crippen molar-refractivity contribution in [3.8, 4) is 16.8 Å². The Balaban J connectivity index is 1.39. The minimum absolute atomic E-state index is 0.0808. The van der Waals surface area contributed by atoms with Crippen molar-refractivity contribution in [3.63, 3.8) is 0 Å². The molecule has 0 aliphatic carbocycles. The molecule has 6 heteroatoms. The van der Waals surface area contributed by atoms with Crippen LogP contribution in [0.1, 0.15) is 5.82 Å². The molecular formula is C23H20N4OS. The van der Waals surface area contributed by atoms with Gasteiger partial charge in [-0.3, -0.25) is 9.36 Å². The standard InChI is InChI=1S/C23H20N4OS/c1-17-25-26-23(27(17)21-10-6-3-7-11-21)29-16-22(28)24-20-14-12-19(13-15-20)18-8-4-2-5-9-18/h2-15H,16H2,1H3,(H,24,28). The molecule has 0 saturated carbocycles. The minimum atomic E-state index is -0.0808. The van der Waals surface area contributed by atoms with Crippen LogP contribution in [-0.4, -0.2) is 26.4 Å². The van der Waals surface area contributed by atoms with Crippen LogP contribution in [0.2, 0.25) is 0 Å². The average Bonchev–Trinajstić information content (AvgIpc) is 3.14. The number of carbonyl (C=O) groups excluding carboxylic acids is 1. The van der Waals surface area contributed by atoms with Crippen LogP contribution in [0.4, 0.5) is 5.69 Å². The predicted molar refractivity (Wildman–Crippen MR) is 117 cm³/mol. The molecular weight excluding hydrogens is 380 g/mol. The maximum Gasteiger partial charge on any atom is 0.234 e. The molecule has 1 amide bonds. The van der Waals surface area contributed by atoms with E-state index >= 15 is 0 Å². The van der Waals surface area contributed by atoms with Gasteiger partial charge in [-0.1, -0.05) is 72.4 Å². The number of rotatable bonds is 6. The highest BCUT2D eigenvalue weighted by atomic mass is 32.2. The Bertz CT molecular complexity index is 1090. The number of para-hydroxylation sites is 1. The summed E-state index contributed by atoms with van der Waals surface area (Å²) in [5.74, 6) is 0.962. The molecule has 0 atom stereocenters. The number of thioether (sulfide) groups is 1. The summed E-state index contributed by atoms with van der Waals surface area (Å²) >= 11 is 1.37. The Morgan fingerprint density at radius 3 is 2.17 bits per heavy atom. The number of hydrogen-bond donors (Lipinski definition) is 1. The predicted octanol–water partition coefficient (Wildman–Crippen LogP) is 4.97. The second-order valence-electron chi connectivity index (χ2n) is 6.48. The molecule has 144 valence electrons. The quantitative estimate of drug-likeness (QED) is 0.464. The summed E-state index contributed by atoms with van der Waals surface area (Å²) in [7, 11) is 0. The molecule has 29 heavy (non-hydrogen) atoms. The Hall–Kier alpha value is -3.38. The number of benzene rings is 3. The van der Waals surface area contributed by atoms with Crippen molar-refractivity contribution in [2.45, 2.75) is 12.1 Å². The van der Waals surface area contributed by atoms with Crippen molar-refractivity contribution in [1.29, 1.82) is 0 Å². The van der Waals surface area contributed by atoms with Gasteiger partial charge in [0.1, 0.15) is 5.82 Å². The van der Waals surface area contributed by atoms with E-state index in [0.717, 1.165) is 28.3 Å². The van der Waals surface area contributed by atoms with E-state index in [1.165, 1.54) is 11.8 Å². The second-order valence-corrected chi connectivity index (χ2v) is 7.42. The Labute approximate surface area is 173 Å². The Morgan fingerprint density at radius 2 is 1.48 bits per heavy atom. The molecule has 0 unspecified atom stereocenters. The van der Waals surface area contributed by atoms with Gasteiger partial charge in [0.05, 0.1) is 5.75 Å². The third-order valence-electron chi connectivity index (χ3n) is 4.42. The molecule has 3 aromatic carbocycles. The van der Waals surface area contributed by atoms with Crippen molar-refractivity contribution in [1.82, 2.24) is 14.8 Å². The Morgan fingerprint density at radius 1 is 0.862 bits per heavy atom. The fourth-order valence-electron chi connectivity index (χ4n) is 3.01. The number of carbonyl (C=O) groups is 1. The van der Waals surface area contributed by atoms with Crippen LogP contribution in [0, 0.1) is 6.92 Å². The number of hydrogen-bond acceptors (Lipinski definition) is 4. The zero-order valence-electron chi connectivity index (χ0n) is 15.9. The lowest BCUT2D eigenvalue weighted by molar-refractivity contribution is -0.113. The maximum atomic E-state index is 12.4. The van der Waals surface area contributed by atoms with Crippen LogP contribution < -0.4 is 5.32 Å². The molecule has 4 rings (SSSR count).